The van der Waals surface area contributed by atoms with Crippen LogP contribution in [0.5, 0.6) is 0 Å². The van der Waals surface area contributed by atoms with Crippen LogP contribution in [-0.2, 0) is 4.79 Å². The van der Waals surface area contributed by atoms with Crippen molar-refractivity contribution in [3.05, 3.63) is 16.3 Å². The number of rotatable bonds is 5. The van der Waals surface area contributed by atoms with Gasteiger partial charge in [0.15, 0.2) is 0 Å². The average Bonchev–Trinajstić information content (AvgIpc) is 2.73. The number of urea groups is 1. The zero-order valence-electron chi connectivity index (χ0n) is 10.4. The maximum absolute atomic E-state index is 11.4. The molecule has 3 N–H and O–H groups in total. The molecule has 1 aromatic heterocycles. The van der Waals surface area contributed by atoms with Gasteiger partial charge in [-0.1, -0.05) is 0 Å². The van der Waals surface area contributed by atoms with Crippen LogP contribution in [0.15, 0.2) is 16.3 Å². The molecule has 0 aliphatic rings. The zero-order valence-corrected chi connectivity index (χ0v) is 12.1. The summed E-state index contributed by atoms with van der Waals surface area (Å²) in [6.07, 6.45) is 0. The second-order valence-corrected chi connectivity index (χ2v) is 5.88. The molecule has 0 bridgehead atoms. The quantitative estimate of drug-likeness (QED) is 0.720. The van der Waals surface area contributed by atoms with Crippen molar-refractivity contribution in [2.75, 3.05) is 5.75 Å². The molecule has 1 rings (SSSR count). The molecule has 0 aromatic carbocycles. The molecule has 0 fully saturated rings. The minimum atomic E-state index is -0.988. The third kappa shape index (κ3) is 5.75. The molecule has 0 saturated carbocycles. The van der Waals surface area contributed by atoms with E-state index in [-0.39, 0.29) is 16.7 Å². The monoisotopic (exact) mass is 302 g/mol. The van der Waals surface area contributed by atoms with Crippen molar-refractivity contribution in [3.63, 3.8) is 0 Å². The zero-order chi connectivity index (χ0) is 14.4. The molecule has 8 heteroatoms. The molecule has 0 saturated heterocycles. The molecule has 104 valence electrons. The molecule has 0 radical (unpaired) electrons. The Morgan fingerprint density at radius 1 is 1.42 bits per heavy atom. The number of carboxylic acid groups (broad SMARTS) is 1. The Hall–Kier alpha value is -1.54. The SMILES string of the molecule is CC(C)NC(=O)NC(=O)CSc1csc(C(=O)O)c1. The van der Waals surface area contributed by atoms with E-state index in [0.29, 0.717) is 4.90 Å². The molecule has 3 amide bonds. The number of carbonyl (C=O) groups excluding carboxylic acids is 2. The van der Waals surface area contributed by atoms with Gasteiger partial charge in [-0.05, 0) is 19.9 Å². The third-order valence-corrected chi connectivity index (χ3v) is 3.87. The number of imide groups is 1. The second-order valence-electron chi connectivity index (χ2n) is 3.92. The van der Waals surface area contributed by atoms with E-state index in [1.807, 2.05) is 0 Å². The standard InChI is InChI=1S/C11H14N2O4S2/c1-6(2)12-11(17)13-9(14)5-18-7-3-8(10(15)16)19-4-7/h3-4,6H,5H2,1-2H3,(H,15,16)(H2,12,13,14,17). The van der Waals surface area contributed by atoms with Crippen molar-refractivity contribution >= 4 is 41.0 Å². The number of thiophene rings is 1. The van der Waals surface area contributed by atoms with Crippen molar-refractivity contribution in [2.24, 2.45) is 0 Å². The van der Waals surface area contributed by atoms with Crippen LogP contribution in [0.2, 0.25) is 0 Å². The minimum Gasteiger partial charge on any atom is -0.477 e. The highest BCUT2D eigenvalue weighted by atomic mass is 32.2. The minimum absolute atomic E-state index is 0.0459. The highest BCUT2D eigenvalue weighted by Gasteiger charge is 2.11. The Bertz CT molecular complexity index is 485. The molecule has 0 atom stereocenters. The van der Waals surface area contributed by atoms with E-state index in [1.54, 1.807) is 19.2 Å². The smallest absolute Gasteiger partial charge is 0.345 e. The number of hydrogen-bond donors (Lipinski definition) is 3. The van der Waals surface area contributed by atoms with Crippen molar-refractivity contribution in [1.82, 2.24) is 10.6 Å². The van der Waals surface area contributed by atoms with Crippen LogP contribution < -0.4 is 10.6 Å². The van der Waals surface area contributed by atoms with Crippen LogP contribution in [0.1, 0.15) is 23.5 Å². The summed E-state index contributed by atoms with van der Waals surface area (Å²) >= 11 is 2.28. The summed E-state index contributed by atoms with van der Waals surface area (Å²) in [6, 6.07) is 0.923. The lowest BCUT2D eigenvalue weighted by molar-refractivity contribution is -0.117. The topological polar surface area (TPSA) is 95.5 Å². The van der Waals surface area contributed by atoms with Gasteiger partial charge in [-0.15, -0.1) is 23.1 Å². The first kappa shape index (κ1) is 15.5. The van der Waals surface area contributed by atoms with Gasteiger partial charge < -0.3 is 10.4 Å². The van der Waals surface area contributed by atoms with Crippen molar-refractivity contribution in [2.45, 2.75) is 24.8 Å². The number of carbonyl (C=O) groups is 3. The van der Waals surface area contributed by atoms with Gasteiger partial charge >= 0.3 is 12.0 Å². The molecule has 6 nitrogen and oxygen atoms in total. The van der Waals surface area contributed by atoms with Crippen molar-refractivity contribution < 1.29 is 19.5 Å². The van der Waals surface area contributed by atoms with Gasteiger partial charge in [0.25, 0.3) is 0 Å². The van der Waals surface area contributed by atoms with Gasteiger partial charge in [-0.25, -0.2) is 9.59 Å². The van der Waals surface area contributed by atoms with E-state index in [4.69, 9.17) is 5.11 Å². The summed E-state index contributed by atoms with van der Waals surface area (Å²) in [6.45, 7) is 3.58. The molecule has 1 heterocycles. The maximum Gasteiger partial charge on any atom is 0.345 e. The number of amides is 3. The molecular formula is C11H14N2O4S2. The second kappa shape index (κ2) is 7.15. The van der Waals surface area contributed by atoms with Crippen LogP contribution in [0.25, 0.3) is 0 Å². The van der Waals surface area contributed by atoms with E-state index in [9.17, 15) is 14.4 Å². The fraction of sp³-hybridized carbons (Fsp3) is 0.364. The first-order valence-corrected chi connectivity index (χ1v) is 7.30. The van der Waals surface area contributed by atoms with Crippen LogP contribution in [0, 0.1) is 0 Å². The predicted molar refractivity (Wildman–Crippen MR) is 73.8 cm³/mol. The van der Waals surface area contributed by atoms with Gasteiger partial charge in [0, 0.05) is 16.3 Å². The first-order valence-electron chi connectivity index (χ1n) is 5.43. The Balaban J connectivity index is 2.37. The van der Waals surface area contributed by atoms with E-state index in [1.165, 1.54) is 17.8 Å². The highest BCUT2D eigenvalue weighted by Crippen LogP contribution is 2.24. The van der Waals surface area contributed by atoms with Gasteiger partial charge in [0.2, 0.25) is 5.91 Å². The van der Waals surface area contributed by atoms with Gasteiger partial charge in [-0.2, -0.15) is 0 Å². The lowest BCUT2D eigenvalue weighted by atomic mass is 10.4. The van der Waals surface area contributed by atoms with Crippen LogP contribution in [-0.4, -0.2) is 34.8 Å². The summed E-state index contributed by atoms with van der Waals surface area (Å²) < 4.78 is 0. The molecule has 0 aliphatic carbocycles. The Morgan fingerprint density at radius 2 is 2.11 bits per heavy atom. The molecule has 0 aliphatic heterocycles. The van der Waals surface area contributed by atoms with Crippen LogP contribution in [0.3, 0.4) is 0 Å². The Kier molecular flexibility index (Phi) is 5.84. The Morgan fingerprint density at radius 3 is 2.63 bits per heavy atom. The number of nitrogens with one attached hydrogen (secondary N) is 2. The largest absolute Gasteiger partial charge is 0.477 e. The number of carboxylic acids is 1. The number of hydrogen-bond acceptors (Lipinski definition) is 5. The normalized spacial score (nSPS) is 10.3. The van der Waals surface area contributed by atoms with Gasteiger partial charge in [-0.3, -0.25) is 10.1 Å². The molecule has 1 aromatic rings. The number of aromatic carboxylic acids is 1. The van der Waals surface area contributed by atoms with Gasteiger partial charge in [0.05, 0.1) is 5.75 Å². The van der Waals surface area contributed by atoms with Gasteiger partial charge in [0.1, 0.15) is 4.88 Å². The van der Waals surface area contributed by atoms with Crippen LogP contribution in [0.4, 0.5) is 4.79 Å². The molecule has 0 unspecified atom stereocenters. The third-order valence-electron chi connectivity index (χ3n) is 1.83. The maximum atomic E-state index is 11.4. The number of thioether (sulfide) groups is 1. The molecule has 19 heavy (non-hydrogen) atoms. The van der Waals surface area contributed by atoms with Crippen LogP contribution >= 0.6 is 23.1 Å². The first-order chi connectivity index (χ1) is 8.88. The lowest BCUT2D eigenvalue weighted by Crippen LogP contribution is -2.43. The van der Waals surface area contributed by atoms with Crippen molar-refractivity contribution in [1.29, 1.82) is 0 Å². The predicted octanol–water partition coefficient (Wildman–Crippen LogP) is 1.77. The average molecular weight is 302 g/mol. The fourth-order valence-corrected chi connectivity index (χ4v) is 2.79. The van der Waals surface area contributed by atoms with E-state index >= 15 is 0 Å². The summed E-state index contributed by atoms with van der Waals surface area (Å²) in [5, 5.41) is 15.1. The summed E-state index contributed by atoms with van der Waals surface area (Å²) in [5.41, 5.74) is 0. The highest BCUT2D eigenvalue weighted by molar-refractivity contribution is 8.00. The van der Waals surface area contributed by atoms with Crippen molar-refractivity contribution in [3.8, 4) is 0 Å². The van der Waals surface area contributed by atoms with E-state index in [0.717, 1.165) is 11.3 Å². The molecule has 0 spiro atoms. The lowest BCUT2D eigenvalue weighted by Gasteiger charge is -2.08. The fourth-order valence-electron chi connectivity index (χ4n) is 1.12. The molecular weight excluding hydrogens is 288 g/mol. The summed E-state index contributed by atoms with van der Waals surface area (Å²) in [5.74, 6) is -1.36. The summed E-state index contributed by atoms with van der Waals surface area (Å²) in [7, 11) is 0. The van der Waals surface area contributed by atoms with E-state index in [2.05, 4.69) is 10.6 Å². The van der Waals surface area contributed by atoms with E-state index < -0.39 is 17.9 Å². The Labute approximate surface area is 118 Å². The summed E-state index contributed by atoms with van der Waals surface area (Å²) in [4.78, 5) is 34.3.